The van der Waals surface area contributed by atoms with Crippen molar-refractivity contribution in [2.75, 3.05) is 0 Å². The molecule has 0 unspecified atom stereocenters. The van der Waals surface area contributed by atoms with Gasteiger partial charge in [-0.2, -0.15) is 5.26 Å². The molecule has 0 atom stereocenters. The van der Waals surface area contributed by atoms with Crippen LogP contribution in [0.1, 0.15) is 11.1 Å². The zero-order valence-corrected chi connectivity index (χ0v) is 8.06. The smallest absolute Gasteiger partial charge is 0.132 e. The minimum Gasteiger partial charge on any atom is -0.248 e. The van der Waals surface area contributed by atoms with Crippen LogP contribution in [-0.4, -0.2) is 15.0 Å². The molecule has 1 aromatic heterocycles. The second-order valence-corrected chi connectivity index (χ2v) is 3.13. The van der Waals surface area contributed by atoms with E-state index in [-0.39, 0.29) is 17.7 Å². The highest BCUT2D eigenvalue weighted by Crippen LogP contribution is 2.15. The van der Waals surface area contributed by atoms with Gasteiger partial charge in [0.1, 0.15) is 11.6 Å². The Balaban J connectivity index is 2.39. The highest BCUT2D eigenvalue weighted by molar-refractivity contribution is 5.34. The lowest BCUT2D eigenvalue weighted by Gasteiger charge is -2.04. The molecule has 1 aromatic carbocycles. The Bertz CT molecular complexity index is 519. The van der Waals surface area contributed by atoms with E-state index in [2.05, 4.69) is 10.3 Å². The minimum absolute atomic E-state index is 0.0441. The molecule has 0 aliphatic carbocycles. The van der Waals surface area contributed by atoms with Gasteiger partial charge in [0, 0.05) is 11.8 Å². The van der Waals surface area contributed by atoms with E-state index >= 15 is 0 Å². The van der Waals surface area contributed by atoms with Crippen LogP contribution in [-0.2, 0) is 6.54 Å². The molecule has 16 heavy (non-hydrogen) atoms. The van der Waals surface area contributed by atoms with Crippen molar-refractivity contribution in [2.45, 2.75) is 6.54 Å². The molecule has 0 N–H and O–H groups in total. The summed E-state index contributed by atoms with van der Waals surface area (Å²) >= 11 is 0. The molecule has 6 heteroatoms. The number of nitrogens with zero attached hydrogens (tertiary/aromatic N) is 4. The first kappa shape index (κ1) is 10.2. The Morgan fingerprint density at radius 3 is 2.50 bits per heavy atom. The summed E-state index contributed by atoms with van der Waals surface area (Å²) < 4.78 is 28.2. The van der Waals surface area contributed by atoms with E-state index in [9.17, 15) is 8.78 Å². The van der Waals surface area contributed by atoms with Gasteiger partial charge in [0.2, 0.25) is 0 Å². The maximum atomic E-state index is 13.4. The molecule has 0 radical (unpaired) electrons. The molecule has 0 spiro atoms. The molecular formula is C10H6F2N4. The molecule has 0 bridgehead atoms. The molecule has 0 aliphatic heterocycles. The van der Waals surface area contributed by atoms with Crippen LogP contribution in [0.4, 0.5) is 8.78 Å². The van der Waals surface area contributed by atoms with Gasteiger partial charge in [-0.3, -0.25) is 0 Å². The fourth-order valence-corrected chi connectivity index (χ4v) is 1.30. The number of hydrogen-bond donors (Lipinski definition) is 0. The van der Waals surface area contributed by atoms with Crippen LogP contribution in [0.2, 0.25) is 0 Å². The molecule has 0 saturated carbocycles. The Labute approximate surface area is 89.7 Å². The highest BCUT2D eigenvalue weighted by Gasteiger charge is 2.11. The number of halogens is 2. The lowest BCUT2D eigenvalue weighted by atomic mass is 10.1. The van der Waals surface area contributed by atoms with Crippen molar-refractivity contribution in [2.24, 2.45) is 0 Å². The zero-order chi connectivity index (χ0) is 11.5. The topological polar surface area (TPSA) is 54.5 Å². The van der Waals surface area contributed by atoms with Crippen LogP contribution >= 0.6 is 0 Å². The largest absolute Gasteiger partial charge is 0.248 e. The summed E-state index contributed by atoms with van der Waals surface area (Å²) in [5.41, 5.74) is -0.179. The first-order valence-electron chi connectivity index (χ1n) is 4.43. The van der Waals surface area contributed by atoms with E-state index in [4.69, 9.17) is 5.26 Å². The van der Waals surface area contributed by atoms with Crippen LogP contribution in [0.15, 0.2) is 24.5 Å². The maximum Gasteiger partial charge on any atom is 0.132 e. The third-order valence-corrected chi connectivity index (χ3v) is 2.06. The lowest BCUT2D eigenvalue weighted by molar-refractivity contribution is 0.527. The summed E-state index contributed by atoms with van der Waals surface area (Å²) in [5.74, 6) is -1.51. The van der Waals surface area contributed by atoms with Crippen molar-refractivity contribution in [1.82, 2.24) is 15.0 Å². The first-order chi connectivity index (χ1) is 7.70. The zero-order valence-electron chi connectivity index (χ0n) is 8.06. The maximum absolute atomic E-state index is 13.4. The highest BCUT2D eigenvalue weighted by atomic mass is 19.1. The Kier molecular flexibility index (Phi) is 2.60. The van der Waals surface area contributed by atoms with Gasteiger partial charge in [-0.15, -0.1) is 5.10 Å². The predicted molar refractivity (Wildman–Crippen MR) is 50.2 cm³/mol. The van der Waals surface area contributed by atoms with Crippen molar-refractivity contribution < 1.29 is 8.78 Å². The summed E-state index contributed by atoms with van der Waals surface area (Å²) in [4.78, 5) is 0. The summed E-state index contributed by atoms with van der Waals surface area (Å²) in [6.07, 6.45) is 2.91. The normalized spacial score (nSPS) is 10.1. The molecule has 0 amide bonds. The number of aromatic nitrogens is 3. The van der Waals surface area contributed by atoms with Gasteiger partial charge in [-0.25, -0.2) is 13.5 Å². The Morgan fingerprint density at radius 1 is 1.31 bits per heavy atom. The number of nitriles is 1. The molecule has 0 saturated heterocycles. The fourth-order valence-electron chi connectivity index (χ4n) is 1.30. The van der Waals surface area contributed by atoms with E-state index < -0.39 is 11.6 Å². The average molecular weight is 220 g/mol. The number of benzene rings is 1. The van der Waals surface area contributed by atoms with E-state index in [1.54, 1.807) is 6.07 Å². The van der Waals surface area contributed by atoms with Crippen molar-refractivity contribution in [1.29, 1.82) is 5.26 Å². The van der Waals surface area contributed by atoms with E-state index in [1.807, 2.05) is 0 Å². The fraction of sp³-hybridized carbons (Fsp3) is 0.100. The van der Waals surface area contributed by atoms with Crippen LogP contribution in [0.5, 0.6) is 0 Å². The third kappa shape index (κ3) is 1.88. The molecule has 80 valence electrons. The SMILES string of the molecule is N#Cc1cc(F)c(Cn2ccnn2)c(F)c1. The molecule has 2 aromatic rings. The third-order valence-electron chi connectivity index (χ3n) is 2.06. The van der Waals surface area contributed by atoms with Gasteiger partial charge in [0.15, 0.2) is 0 Å². The van der Waals surface area contributed by atoms with Gasteiger partial charge < -0.3 is 0 Å². The van der Waals surface area contributed by atoms with Gasteiger partial charge in [0.25, 0.3) is 0 Å². The van der Waals surface area contributed by atoms with Crippen LogP contribution in [0.3, 0.4) is 0 Å². The molecular weight excluding hydrogens is 214 g/mol. The molecule has 1 heterocycles. The monoisotopic (exact) mass is 220 g/mol. The van der Waals surface area contributed by atoms with Gasteiger partial charge in [-0.1, -0.05) is 5.21 Å². The van der Waals surface area contributed by atoms with Crippen molar-refractivity contribution in [3.63, 3.8) is 0 Å². The van der Waals surface area contributed by atoms with E-state index in [0.29, 0.717) is 0 Å². The summed E-state index contributed by atoms with van der Waals surface area (Å²) in [6.45, 7) is -0.0522. The summed E-state index contributed by atoms with van der Waals surface area (Å²) in [5, 5.41) is 15.7. The van der Waals surface area contributed by atoms with E-state index in [0.717, 1.165) is 12.1 Å². The standard InChI is InChI=1S/C10H6F2N4/c11-9-3-7(5-13)4-10(12)8(9)6-16-2-1-14-15-16/h1-4H,6H2. The number of rotatable bonds is 2. The van der Waals surface area contributed by atoms with Gasteiger partial charge in [0.05, 0.1) is 24.4 Å². The second-order valence-electron chi connectivity index (χ2n) is 3.13. The average Bonchev–Trinajstić information content (AvgIpc) is 2.75. The van der Waals surface area contributed by atoms with Crippen molar-refractivity contribution in [3.05, 3.63) is 47.3 Å². The number of hydrogen-bond acceptors (Lipinski definition) is 3. The van der Waals surface area contributed by atoms with Crippen LogP contribution in [0.25, 0.3) is 0 Å². The van der Waals surface area contributed by atoms with Crippen LogP contribution in [0, 0.1) is 23.0 Å². The molecule has 0 aliphatic rings. The molecule has 0 fully saturated rings. The lowest BCUT2D eigenvalue weighted by Crippen LogP contribution is -2.06. The van der Waals surface area contributed by atoms with Gasteiger partial charge in [-0.05, 0) is 12.1 Å². The quantitative estimate of drug-likeness (QED) is 0.770. The molecule has 2 rings (SSSR count). The van der Waals surface area contributed by atoms with Crippen LogP contribution < -0.4 is 0 Å². The van der Waals surface area contributed by atoms with E-state index in [1.165, 1.54) is 17.1 Å². The minimum atomic E-state index is -0.757. The van der Waals surface area contributed by atoms with Gasteiger partial charge >= 0.3 is 0 Å². The van der Waals surface area contributed by atoms with Crippen molar-refractivity contribution in [3.8, 4) is 6.07 Å². The summed E-state index contributed by atoms with van der Waals surface area (Å²) in [7, 11) is 0. The Morgan fingerprint density at radius 2 is 2.00 bits per heavy atom. The van der Waals surface area contributed by atoms with Crippen molar-refractivity contribution >= 4 is 0 Å². The Hall–Kier alpha value is -2.29. The summed E-state index contributed by atoms with van der Waals surface area (Å²) in [6, 6.07) is 3.67. The molecule has 4 nitrogen and oxygen atoms in total. The first-order valence-corrected chi connectivity index (χ1v) is 4.43. The second kappa shape index (κ2) is 4.06. The predicted octanol–water partition coefficient (Wildman–Crippen LogP) is 1.48.